The van der Waals surface area contributed by atoms with E-state index in [2.05, 4.69) is 11.1 Å². The lowest BCUT2D eigenvalue weighted by Gasteiger charge is -2.09. The van der Waals surface area contributed by atoms with E-state index in [0.29, 0.717) is 17.9 Å². The van der Waals surface area contributed by atoms with Crippen LogP contribution in [0.5, 0.6) is 0 Å². The fourth-order valence-corrected chi connectivity index (χ4v) is 3.78. The summed E-state index contributed by atoms with van der Waals surface area (Å²) in [5, 5.41) is 12.3. The van der Waals surface area contributed by atoms with Gasteiger partial charge < -0.3 is 9.67 Å². The summed E-state index contributed by atoms with van der Waals surface area (Å²) >= 11 is 3.07. The number of carbonyl (C=O) groups excluding carboxylic acids is 1. The number of nitrogens with zero attached hydrogens (tertiary/aromatic N) is 2. The van der Waals surface area contributed by atoms with Crippen LogP contribution in [-0.4, -0.2) is 26.2 Å². The molecule has 0 spiro atoms. The minimum Gasteiger partial charge on any atom is -0.390 e. The summed E-state index contributed by atoms with van der Waals surface area (Å²) in [6.45, 7) is 0.598. The number of hydrogen-bond donors (Lipinski definition) is 1. The van der Waals surface area contributed by atoms with Gasteiger partial charge in [0.2, 0.25) is 0 Å². The van der Waals surface area contributed by atoms with Gasteiger partial charge in [-0.2, -0.15) is 0 Å². The first-order valence-electron chi connectivity index (χ1n) is 7.16. The van der Waals surface area contributed by atoms with E-state index < -0.39 is 0 Å². The van der Waals surface area contributed by atoms with Crippen LogP contribution in [0.1, 0.15) is 20.9 Å². The van der Waals surface area contributed by atoms with Gasteiger partial charge in [0.05, 0.1) is 30.8 Å². The number of thioether (sulfide) groups is 1. The first kappa shape index (κ1) is 16.0. The van der Waals surface area contributed by atoms with Crippen LogP contribution in [0.2, 0.25) is 0 Å². The van der Waals surface area contributed by atoms with Crippen molar-refractivity contribution in [2.75, 3.05) is 5.75 Å². The van der Waals surface area contributed by atoms with Gasteiger partial charge in [-0.05, 0) is 11.4 Å². The van der Waals surface area contributed by atoms with Crippen molar-refractivity contribution in [3.63, 3.8) is 0 Å². The molecule has 4 nitrogen and oxygen atoms in total. The number of benzene rings is 1. The molecule has 0 saturated heterocycles. The van der Waals surface area contributed by atoms with Gasteiger partial charge in [0.1, 0.15) is 0 Å². The van der Waals surface area contributed by atoms with Gasteiger partial charge in [-0.25, -0.2) is 4.98 Å². The van der Waals surface area contributed by atoms with Gasteiger partial charge in [-0.3, -0.25) is 4.79 Å². The number of hydrogen-bond acceptors (Lipinski definition) is 5. The molecular formula is C17H16N2O2S2. The molecule has 0 unspecified atom stereocenters. The Bertz CT molecular complexity index is 767. The summed E-state index contributed by atoms with van der Waals surface area (Å²) in [7, 11) is 0. The predicted molar refractivity (Wildman–Crippen MR) is 93.1 cm³/mol. The molecule has 0 aliphatic rings. The zero-order chi connectivity index (χ0) is 16.1. The van der Waals surface area contributed by atoms with Gasteiger partial charge in [-0.15, -0.1) is 11.3 Å². The Balaban J connectivity index is 1.72. The first-order chi connectivity index (χ1) is 11.3. The normalized spacial score (nSPS) is 10.8. The van der Waals surface area contributed by atoms with Crippen molar-refractivity contribution in [1.82, 2.24) is 9.55 Å². The van der Waals surface area contributed by atoms with Crippen molar-refractivity contribution in [1.29, 1.82) is 0 Å². The van der Waals surface area contributed by atoms with E-state index in [4.69, 9.17) is 0 Å². The van der Waals surface area contributed by atoms with Crippen LogP contribution in [0.25, 0.3) is 0 Å². The standard InChI is InChI=1S/C17H16N2O2S2/c20-11-14-9-18-17(19(14)10-15-7-4-8-22-15)23-12-16(21)13-5-2-1-3-6-13/h1-9,20H,10-12H2. The second-order valence-electron chi connectivity index (χ2n) is 4.93. The maximum Gasteiger partial charge on any atom is 0.173 e. The Hall–Kier alpha value is -1.89. The highest BCUT2D eigenvalue weighted by molar-refractivity contribution is 7.99. The quantitative estimate of drug-likeness (QED) is 0.527. The fraction of sp³-hybridized carbons (Fsp3) is 0.176. The highest BCUT2D eigenvalue weighted by atomic mass is 32.2. The van der Waals surface area contributed by atoms with E-state index in [1.807, 2.05) is 46.3 Å². The topological polar surface area (TPSA) is 55.1 Å². The zero-order valence-electron chi connectivity index (χ0n) is 12.4. The van der Waals surface area contributed by atoms with Gasteiger partial charge in [0.25, 0.3) is 0 Å². The molecule has 0 bridgehead atoms. The Labute approximate surface area is 142 Å². The van der Waals surface area contributed by atoms with E-state index in [1.54, 1.807) is 17.5 Å². The van der Waals surface area contributed by atoms with Crippen molar-refractivity contribution in [2.45, 2.75) is 18.3 Å². The van der Waals surface area contributed by atoms with Crippen LogP contribution in [0.4, 0.5) is 0 Å². The highest BCUT2D eigenvalue weighted by Gasteiger charge is 2.13. The number of aromatic nitrogens is 2. The summed E-state index contributed by atoms with van der Waals surface area (Å²) in [6, 6.07) is 13.3. The molecule has 2 heterocycles. The number of ketones is 1. The van der Waals surface area contributed by atoms with Gasteiger partial charge in [0, 0.05) is 10.4 Å². The van der Waals surface area contributed by atoms with Crippen molar-refractivity contribution in [3.05, 3.63) is 70.2 Å². The number of thiophene rings is 1. The third kappa shape index (κ3) is 3.90. The molecule has 1 N–H and O–H groups in total. The lowest BCUT2D eigenvalue weighted by atomic mass is 10.2. The van der Waals surface area contributed by atoms with E-state index in [1.165, 1.54) is 16.6 Å². The molecule has 118 valence electrons. The predicted octanol–water partition coefficient (Wildman–Crippen LogP) is 3.46. The molecule has 3 aromatic rings. The van der Waals surface area contributed by atoms with Crippen molar-refractivity contribution < 1.29 is 9.90 Å². The second kappa shape index (κ2) is 7.59. The lowest BCUT2D eigenvalue weighted by molar-refractivity contribution is 0.102. The van der Waals surface area contributed by atoms with E-state index in [0.717, 1.165) is 10.9 Å². The average molecular weight is 344 g/mol. The highest BCUT2D eigenvalue weighted by Crippen LogP contribution is 2.22. The number of aliphatic hydroxyl groups is 1. The minimum absolute atomic E-state index is 0.0639. The third-order valence-corrected chi connectivity index (χ3v) is 5.24. The Morgan fingerprint density at radius 3 is 2.74 bits per heavy atom. The SMILES string of the molecule is O=C(CSc1ncc(CO)n1Cc1cccs1)c1ccccc1. The summed E-state index contributed by atoms with van der Waals surface area (Å²) < 4.78 is 1.97. The zero-order valence-corrected chi connectivity index (χ0v) is 14.0. The largest absolute Gasteiger partial charge is 0.390 e. The molecule has 1 aromatic carbocycles. The van der Waals surface area contributed by atoms with Crippen LogP contribution < -0.4 is 0 Å². The Morgan fingerprint density at radius 2 is 2.04 bits per heavy atom. The Kier molecular flexibility index (Phi) is 5.27. The molecule has 23 heavy (non-hydrogen) atoms. The van der Waals surface area contributed by atoms with Crippen LogP contribution in [0.3, 0.4) is 0 Å². The van der Waals surface area contributed by atoms with E-state index in [-0.39, 0.29) is 12.4 Å². The van der Waals surface area contributed by atoms with Gasteiger partial charge in [-0.1, -0.05) is 48.2 Å². The second-order valence-corrected chi connectivity index (χ2v) is 6.91. The number of rotatable bonds is 7. The van der Waals surface area contributed by atoms with Crippen LogP contribution in [-0.2, 0) is 13.2 Å². The van der Waals surface area contributed by atoms with Gasteiger partial charge >= 0.3 is 0 Å². The molecule has 0 aliphatic heterocycles. The average Bonchev–Trinajstić information content (AvgIpc) is 3.24. The Morgan fingerprint density at radius 1 is 1.22 bits per heavy atom. The van der Waals surface area contributed by atoms with Crippen LogP contribution in [0, 0.1) is 0 Å². The minimum atomic E-state index is -0.0639. The number of imidazole rings is 1. The van der Waals surface area contributed by atoms with E-state index >= 15 is 0 Å². The molecule has 0 radical (unpaired) electrons. The lowest BCUT2D eigenvalue weighted by Crippen LogP contribution is -2.07. The number of Topliss-reactive ketones (excluding diaryl/α,β-unsaturated/α-hetero) is 1. The molecular weight excluding hydrogens is 328 g/mol. The number of aliphatic hydroxyl groups excluding tert-OH is 1. The van der Waals surface area contributed by atoms with E-state index in [9.17, 15) is 9.90 Å². The molecule has 6 heteroatoms. The summed E-state index contributed by atoms with van der Waals surface area (Å²) in [4.78, 5) is 17.8. The summed E-state index contributed by atoms with van der Waals surface area (Å²) in [5.74, 6) is 0.405. The molecule has 0 atom stereocenters. The third-order valence-electron chi connectivity index (χ3n) is 3.39. The maximum atomic E-state index is 12.2. The van der Waals surface area contributed by atoms with Crippen molar-refractivity contribution in [3.8, 4) is 0 Å². The molecule has 3 rings (SSSR count). The maximum absolute atomic E-state index is 12.2. The monoisotopic (exact) mass is 344 g/mol. The molecule has 0 fully saturated rings. The van der Waals surface area contributed by atoms with Crippen molar-refractivity contribution in [2.24, 2.45) is 0 Å². The first-order valence-corrected chi connectivity index (χ1v) is 9.03. The molecule has 0 aliphatic carbocycles. The van der Waals surface area contributed by atoms with Crippen LogP contribution >= 0.6 is 23.1 Å². The van der Waals surface area contributed by atoms with Gasteiger partial charge in [0.15, 0.2) is 10.9 Å². The smallest absolute Gasteiger partial charge is 0.173 e. The fourth-order valence-electron chi connectivity index (χ4n) is 2.20. The summed E-state index contributed by atoms with van der Waals surface area (Å²) in [5.41, 5.74) is 1.46. The number of carbonyl (C=O) groups is 1. The molecule has 2 aromatic heterocycles. The molecule has 0 amide bonds. The summed E-state index contributed by atoms with van der Waals surface area (Å²) in [6.07, 6.45) is 1.67. The van der Waals surface area contributed by atoms with Crippen molar-refractivity contribution >= 4 is 28.9 Å². The molecule has 0 saturated carbocycles. The van der Waals surface area contributed by atoms with Crippen LogP contribution in [0.15, 0.2) is 59.2 Å².